The molecule has 0 fully saturated rings. The number of thiophene rings is 1. The van der Waals surface area contributed by atoms with E-state index in [1.54, 1.807) is 11.3 Å². The lowest BCUT2D eigenvalue weighted by Crippen LogP contribution is -1.97. The molecule has 0 aliphatic rings. The molecule has 0 bridgehead atoms. The third-order valence-corrected chi connectivity index (χ3v) is 3.62. The zero-order chi connectivity index (χ0) is 10.1. The molecule has 1 aromatic heterocycles. The smallest absolute Gasteiger partial charge is 0.157 e. The number of halogens is 1. The second kappa shape index (κ2) is 3.79. The molecule has 2 rings (SSSR count). The average Bonchev–Trinajstić information content (AvgIpc) is 2.60. The lowest BCUT2D eigenvalue weighted by atomic mass is 10.2. The fourth-order valence-electron chi connectivity index (χ4n) is 1.36. The Labute approximate surface area is 94.8 Å². The second-order valence-electron chi connectivity index (χ2n) is 2.87. The van der Waals surface area contributed by atoms with Gasteiger partial charge in [-0.2, -0.15) is 0 Å². The predicted molar refractivity (Wildman–Crippen MR) is 65.1 cm³/mol. The third kappa shape index (κ3) is 1.48. The monoisotopic (exact) mass is 271 g/mol. The number of nitrogen functional groups attached to an aromatic ring is 1. The number of nitrogens with two attached hydrogens (primary N) is 1. The van der Waals surface area contributed by atoms with E-state index in [1.165, 1.54) is 4.70 Å². The van der Waals surface area contributed by atoms with Crippen LogP contribution in [0, 0.1) is 0 Å². The summed E-state index contributed by atoms with van der Waals surface area (Å²) in [5.74, 6) is 0.749. The average molecular weight is 272 g/mol. The van der Waals surface area contributed by atoms with Crippen molar-refractivity contribution in [3.8, 4) is 5.75 Å². The minimum absolute atomic E-state index is 0.623. The largest absolute Gasteiger partial charge is 0.491 e. The van der Waals surface area contributed by atoms with Crippen molar-refractivity contribution in [2.75, 3.05) is 12.3 Å². The van der Waals surface area contributed by atoms with Crippen LogP contribution in [0.25, 0.3) is 10.1 Å². The van der Waals surface area contributed by atoms with Gasteiger partial charge in [0, 0.05) is 10.1 Å². The first-order chi connectivity index (χ1) is 6.74. The molecule has 4 heteroatoms. The Morgan fingerprint density at radius 2 is 2.36 bits per heavy atom. The van der Waals surface area contributed by atoms with E-state index in [0.717, 1.165) is 15.6 Å². The van der Waals surface area contributed by atoms with E-state index in [1.807, 2.05) is 18.4 Å². The molecule has 0 saturated heterocycles. The summed E-state index contributed by atoms with van der Waals surface area (Å²) in [5.41, 5.74) is 6.57. The number of anilines is 1. The molecule has 0 unspecified atom stereocenters. The van der Waals surface area contributed by atoms with Gasteiger partial charge in [-0.3, -0.25) is 0 Å². The van der Waals surface area contributed by atoms with E-state index in [4.69, 9.17) is 10.5 Å². The fraction of sp³-hybridized carbons (Fsp3) is 0.200. The standard InChI is InChI=1S/C10H10BrNOS/c1-2-13-10-7(12)5-8-6(9(10)11)3-4-14-8/h3-5H,2,12H2,1H3. The minimum Gasteiger partial charge on any atom is -0.491 e. The fourth-order valence-corrected chi connectivity index (χ4v) is 3.02. The number of fused-ring (bicyclic) bond motifs is 1. The van der Waals surface area contributed by atoms with Gasteiger partial charge in [-0.25, -0.2) is 0 Å². The summed E-state index contributed by atoms with van der Waals surface area (Å²) in [6.45, 7) is 2.57. The van der Waals surface area contributed by atoms with Crippen LogP contribution in [0.2, 0.25) is 0 Å². The summed E-state index contributed by atoms with van der Waals surface area (Å²) in [7, 11) is 0. The quantitative estimate of drug-likeness (QED) is 0.847. The lowest BCUT2D eigenvalue weighted by Gasteiger charge is -2.09. The molecule has 2 nitrogen and oxygen atoms in total. The zero-order valence-corrected chi connectivity index (χ0v) is 10.1. The van der Waals surface area contributed by atoms with E-state index in [2.05, 4.69) is 22.0 Å². The van der Waals surface area contributed by atoms with Crippen LogP contribution in [-0.4, -0.2) is 6.61 Å². The summed E-state index contributed by atoms with van der Waals surface area (Å²) in [6, 6.07) is 4.02. The maximum Gasteiger partial charge on any atom is 0.157 e. The van der Waals surface area contributed by atoms with Crippen LogP contribution >= 0.6 is 27.3 Å². The number of hydrogen-bond donors (Lipinski definition) is 1. The molecule has 74 valence electrons. The van der Waals surface area contributed by atoms with E-state index in [9.17, 15) is 0 Å². The summed E-state index contributed by atoms with van der Waals surface area (Å²) < 4.78 is 7.61. The van der Waals surface area contributed by atoms with Crippen LogP contribution in [0.15, 0.2) is 22.0 Å². The van der Waals surface area contributed by atoms with Gasteiger partial charge in [0.25, 0.3) is 0 Å². The highest BCUT2D eigenvalue weighted by molar-refractivity contribution is 9.10. The molecule has 0 spiro atoms. The highest BCUT2D eigenvalue weighted by Crippen LogP contribution is 2.40. The molecular formula is C10H10BrNOS. The summed E-state index contributed by atoms with van der Waals surface area (Å²) in [4.78, 5) is 0. The van der Waals surface area contributed by atoms with Crippen molar-refractivity contribution >= 4 is 43.0 Å². The van der Waals surface area contributed by atoms with Gasteiger partial charge in [0.2, 0.25) is 0 Å². The molecule has 0 aliphatic heterocycles. The van der Waals surface area contributed by atoms with E-state index < -0.39 is 0 Å². The Morgan fingerprint density at radius 1 is 1.57 bits per heavy atom. The number of rotatable bonds is 2. The van der Waals surface area contributed by atoms with E-state index in [-0.39, 0.29) is 0 Å². The maximum atomic E-state index is 5.88. The van der Waals surface area contributed by atoms with Crippen LogP contribution in [-0.2, 0) is 0 Å². The summed E-state index contributed by atoms with van der Waals surface area (Å²) in [6.07, 6.45) is 0. The van der Waals surface area contributed by atoms with Crippen molar-refractivity contribution < 1.29 is 4.74 Å². The Bertz CT molecular complexity index is 466. The first-order valence-corrected chi connectivity index (χ1v) is 5.99. The molecule has 14 heavy (non-hydrogen) atoms. The Morgan fingerprint density at radius 3 is 3.07 bits per heavy atom. The Balaban J connectivity index is 2.69. The summed E-state index contributed by atoms with van der Waals surface area (Å²) in [5, 5.41) is 3.21. The van der Waals surface area contributed by atoms with Crippen LogP contribution in [0.3, 0.4) is 0 Å². The minimum atomic E-state index is 0.623. The van der Waals surface area contributed by atoms with Gasteiger partial charge in [-0.1, -0.05) is 0 Å². The number of benzene rings is 1. The van der Waals surface area contributed by atoms with Crippen molar-refractivity contribution in [1.82, 2.24) is 0 Å². The molecule has 1 aromatic carbocycles. The molecule has 2 N–H and O–H groups in total. The number of hydrogen-bond acceptors (Lipinski definition) is 3. The molecule has 0 saturated carbocycles. The van der Waals surface area contributed by atoms with Gasteiger partial charge in [0.15, 0.2) is 5.75 Å². The molecule has 1 heterocycles. The van der Waals surface area contributed by atoms with Gasteiger partial charge in [-0.15, -0.1) is 11.3 Å². The summed E-state index contributed by atoms with van der Waals surface area (Å²) >= 11 is 5.19. The maximum absolute atomic E-state index is 5.88. The molecule has 0 radical (unpaired) electrons. The van der Waals surface area contributed by atoms with Gasteiger partial charge < -0.3 is 10.5 Å². The normalized spacial score (nSPS) is 10.7. The zero-order valence-electron chi connectivity index (χ0n) is 7.71. The lowest BCUT2D eigenvalue weighted by molar-refractivity contribution is 0.340. The van der Waals surface area contributed by atoms with Crippen LogP contribution in [0.1, 0.15) is 6.92 Å². The molecule has 0 atom stereocenters. The van der Waals surface area contributed by atoms with Gasteiger partial charge in [0.1, 0.15) is 0 Å². The Hall–Kier alpha value is -0.740. The SMILES string of the molecule is CCOc1c(N)cc2sccc2c1Br. The predicted octanol–water partition coefficient (Wildman–Crippen LogP) is 3.64. The molecule has 0 amide bonds. The van der Waals surface area contributed by atoms with Crippen molar-refractivity contribution in [3.63, 3.8) is 0 Å². The molecular weight excluding hydrogens is 262 g/mol. The van der Waals surface area contributed by atoms with Crippen LogP contribution in [0.4, 0.5) is 5.69 Å². The van der Waals surface area contributed by atoms with Crippen LogP contribution in [0.5, 0.6) is 5.75 Å². The van der Waals surface area contributed by atoms with Gasteiger partial charge >= 0.3 is 0 Å². The Kier molecular flexibility index (Phi) is 2.65. The highest BCUT2D eigenvalue weighted by atomic mass is 79.9. The molecule has 2 aromatic rings. The second-order valence-corrected chi connectivity index (χ2v) is 4.62. The van der Waals surface area contributed by atoms with Crippen molar-refractivity contribution in [3.05, 3.63) is 22.0 Å². The van der Waals surface area contributed by atoms with Gasteiger partial charge in [0.05, 0.1) is 16.8 Å². The topological polar surface area (TPSA) is 35.2 Å². The van der Waals surface area contributed by atoms with Crippen LogP contribution < -0.4 is 10.5 Å². The highest BCUT2D eigenvalue weighted by Gasteiger charge is 2.10. The molecule has 0 aliphatic carbocycles. The van der Waals surface area contributed by atoms with Crippen molar-refractivity contribution in [2.45, 2.75) is 6.92 Å². The van der Waals surface area contributed by atoms with E-state index in [0.29, 0.717) is 12.3 Å². The number of ether oxygens (including phenoxy) is 1. The third-order valence-electron chi connectivity index (χ3n) is 1.97. The van der Waals surface area contributed by atoms with E-state index >= 15 is 0 Å². The van der Waals surface area contributed by atoms with Crippen molar-refractivity contribution in [1.29, 1.82) is 0 Å². The first kappa shape index (κ1) is 9.80. The first-order valence-electron chi connectivity index (χ1n) is 4.32. The van der Waals surface area contributed by atoms with Crippen molar-refractivity contribution in [2.24, 2.45) is 0 Å². The van der Waals surface area contributed by atoms with Gasteiger partial charge in [-0.05, 0) is 40.4 Å².